The monoisotopic (exact) mass is 436 g/mol. The zero-order chi connectivity index (χ0) is 22.0. The lowest BCUT2D eigenvalue weighted by Crippen LogP contribution is -2.14. The summed E-state index contributed by atoms with van der Waals surface area (Å²) >= 11 is 0. The SMILES string of the molecule is CNc1cnc(-c2noc(-c3ccc(NS(=O)(=O)c4cc(C)ccc4C)cc3)n2)cn1. The van der Waals surface area contributed by atoms with Crippen molar-refractivity contribution in [2.24, 2.45) is 0 Å². The van der Waals surface area contributed by atoms with Crippen LogP contribution in [0.15, 0.2) is 64.3 Å². The van der Waals surface area contributed by atoms with Crippen LogP contribution in [0.25, 0.3) is 23.0 Å². The molecule has 0 saturated carbocycles. The summed E-state index contributed by atoms with van der Waals surface area (Å²) in [6, 6.07) is 12.0. The molecule has 2 heterocycles. The van der Waals surface area contributed by atoms with E-state index in [4.69, 9.17) is 4.52 Å². The Kier molecular flexibility index (Phi) is 5.38. The second-order valence-electron chi connectivity index (χ2n) is 6.91. The van der Waals surface area contributed by atoms with E-state index >= 15 is 0 Å². The van der Waals surface area contributed by atoms with Gasteiger partial charge in [-0.05, 0) is 55.3 Å². The molecule has 2 aromatic carbocycles. The number of hydrogen-bond acceptors (Lipinski definition) is 8. The molecule has 9 nitrogen and oxygen atoms in total. The van der Waals surface area contributed by atoms with Gasteiger partial charge in [-0.2, -0.15) is 4.98 Å². The molecule has 0 aliphatic heterocycles. The third-order valence-corrected chi connectivity index (χ3v) is 6.10. The number of sulfonamides is 1. The Morgan fingerprint density at radius 2 is 1.74 bits per heavy atom. The maximum absolute atomic E-state index is 12.8. The van der Waals surface area contributed by atoms with Gasteiger partial charge in [-0.1, -0.05) is 17.3 Å². The Bertz CT molecular complexity index is 1320. The quantitative estimate of drug-likeness (QED) is 0.469. The van der Waals surface area contributed by atoms with Crippen molar-refractivity contribution in [3.05, 3.63) is 66.0 Å². The molecule has 0 fully saturated rings. The zero-order valence-electron chi connectivity index (χ0n) is 17.1. The maximum Gasteiger partial charge on any atom is 0.262 e. The first kappa shape index (κ1) is 20.5. The summed E-state index contributed by atoms with van der Waals surface area (Å²) in [6.45, 7) is 3.62. The number of nitrogens with zero attached hydrogens (tertiary/aromatic N) is 4. The van der Waals surface area contributed by atoms with Gasteiger partial charge in [-0.25, -0.2) is 18.4 Å². The molecule has 0 saturated heterocycles. The number of aromatic nitrogens is 4. The predicted molar refractivity (Wildman–Crippen MR) is 117 cm³/mol. The Morgan fingerprint density at radius 1 is 0.968 bits per heavy atom. The smallest absolute Gasteiger partial charge is 0.262 e. The number of rotatable bonds is 6. The van der Waals surface area contributed by atoms with E-state index in [9.17, 15) is 8.42 Å². The van der Waals surface area contributed by atoms with Gasteiger partial charge in [0.2, 0.25) is 5.82 Å². The lowest BCUT2D eigenvalue weighted by molar-refractivity contribution is 0.432. The maximum atomic E-state index is 12.8. The molecule has 4 rings (SSSR count). The van der Waals surface area contributed by atoms with Crippen molar-refractivity contribution in [2.45, 2.75) is 18.7 Å². The summed E-state index contributed by atoms with van der Waals surface area (Å²) in [7, 11) is -1.95. The number of hydrogen-bond donors (Lipinski definition) is 2. The van der Waals surface area contributed by atoms with Crippen molar-refractivity contribution in [1.82, 2.24) is 20.1 Å². The van der Waals surface area contributed by atoms with Crippen LogP contribution in [0.3, 0.4) is 0 Å². The Labute approximate surface area is 179 Å². The van der Waals surface area contributed by atoms with Crippen molar-refractivity contribution < 1.29 is 12.9 Å². The number of anilines is 2. The molecule has 0 spiro atoms. The van der Waals surface area contributed by atoms with Crippen LogP contribution in [-0.4, -0.2) is 35.6 Å². The average Bonchev–Trinajstić information content (AvgIpc) is 3.26. The van der Waals surface area contributed by atoms with Crippen molar-refractivity contribution in [3.63, 3.8) is 0 Å². The second kappa shape index (κ2) is 8.15. The molecule has 10 heteroatoms. The average molecular weight is 436 g/mol. The summed E-state index contributed by atoms with van der Waals surface area (Å²) in [5.74, 6) is 1.23. The molecule has 0 atom stereocenters. The van der Waals surface area contributed by atoms with Crippen LogP contribution in [0.1, 0.15) is 11.1 Å². The molecule has 31 heavy (non-hydrogen) atoms. The van der Waals surface area contributed by atoms with Crippen molar-refractivity contribution in [3.8, 4) is 23.0 Å². The Hall–Kier alpha value is -3.79. The standard InChI is InChI=1S/C21H20N6O3S/c1-13-4-5-14(2)18(10-13)31(28,29)27-16-8-6-15(7-9-16)21-25-20(26-30-21)17-11-24-19(22-3)12-23-17/h4-12,27H,1-3H3,(H,22,24). The van der Waals surface area contributed by atoms with Gasteiger partial charge in [0.25, 0.3) is 15.9 Å². The van der Waals surface area contributed by atoms with Gasteiger partial charge in [0, 0.05) is 18.3 Å². The molecule has 2 aromatic heterocycles. The van der Waals surface area contributed by atoms with E-state index in [1.807, 2.05) is 13.0 Å². The van der Waals surface area contributed by atoms with Crippen molar-refractivity contribution in [2.75, 3.05) is 17.1 Å². The molecule has 0 bridgehead atoms. The fraction of sp³-hybridized carbons (Fsp3) is 0.143. The van der Waals surface area contributed by atoms with E-state index in [2.05, 4.69) is 30.1 Å². The third-order valence-electron chi connectivity index (χ3n) is 4.58. The lowest BCUT2D eigenvalue weighted by Gasteiger charge is -2.11. The number of benzene rings is 2. The lowest BCUT2D eigenvalue weighted by atomic mass is 10.2. The van der Waals surface area contributed by atoms with Gasteiger partial charge in [0.1, 0.15) is 11.5 Å². The number of nitrogens with one attached hydrogen (secondary N) is 2. The van der Waals surface area contributed by atoms with Crippen LogP contribution >= 0.6 is 0 Å². The Morgan fingerprint density at radius 3 is 2.42 bits per heavy atom. The van der Waals surface area contributed by atoms with Crippen LogP contribution in [0, 0.1) is 13.8 Å². The van der Waals surface area contributed by atoms with E-state index in [0.717, 1.165) is 5.56 Å². The van der Waals surface area contributed by atoms with E-state index in [-0.39, 0.29) is 4.90 Å². The largest absolute Gasteiger partial charge is 0.372 e. The zero-order valence-corrected chi connectivity index (χ0v) is 17.9. The van der Waals surface area contributed by atoms with E-state index in [1.165, 1.54) is 0 Å². The highest BCUT2D eigenvalue weighted by Gasteiger charge is 2.18. The highest BCUT2D eigenvalue weighted by Crippen LogP contribution is 2.25. The molecule has 0 radical (unpaired) electrons. The molecule has 0 unspecified atom stereocenters. The van der Waals surface area contributed by atoms with Crippen LogP contribution < -0.4 is 10.0 Å². The first-order chi connectivity index (χ1) is 14.9. The fourth-order valence-corrected chi connectivity index (χ4v) is 4.29. The van der Waals surface area contributed by atoms with Crippen LogP contribution in [0.5, 0.6) is 0 Å². The van der Waals surface area contributed by atoms with Crippen molar-refractivity contribution in [1.29, 1.82) is 0 Å². The summed E-state index contributed by atoms with van der Waals surface area (Å²) in [5.41, 5.74) is 3.11. The molecule has 0 aliphatic carbocycles. The minimum absolute atomic E-state index is 0.253. The highest BCUT2D eigenvalue weighted by atomic mass is 32.2. The van der Waals surface area contributed by atoms with E-state index < -0.39 is 10.0 Å². The van der Waals surface area contributed by atoms with E-state index in [0.29, 0.717) is 40.0 Å². The van der Waals surface area contributed by atoms with Crippen LogP contribution in [0.4, 0.5) is 11.5 Å². The van der Waals surface area contributed by atoms with Gasteiger partial charge in [-0.15, -0.1) is 0 Å². The summed E-state index contributed by atoms with van der Waals surface area (Å²) in [6.07, 6.45) is 3.12. The topological polar surface area (TPSA) is 123 Å². The Balaban J connectivity index is 1.53. The molecule has 4 aromatic rings. The first-order valence-electron chi connectivity index (χ1n) is 9.40. The summed E-state index contributed by atoms with van der Waals surface area (Å²) in [4.78, 5) is 13.0. The molecular weight excluding hydrogens is 416 g/mol. The molecule has 0 amide bonds. The van der Waals surface area contributed by atoms with E-state index in [1.54, 1.807) is 62.8 Å². The fourth-order valence-electron chi connectivity index (χ4n) is 2.91. The highest BCUT2D eigenvalue weighted by molar-refractivity contribution is 7.92. The third kappa shape index (κ3) is 4.38. The van der Waals surface area contributed by atoms with Gasteiger partial charge >= 0.3 is 0 Å². The number of aryl methyl sites for hydroxylation is 2. The molecular formula is C21H20N6O3S. The minimum Gasteiger partial charge on any atom is -0.372 e. The minimum atomic E-state index is -3.70. The predicted octanol–water partition coefficient (Wildman–Crippen LogP) is 3.65. The van der Waals surface area contributed by atoms with Gasteiger partial charge < -0.3 is 9.84 Å². The van der Waals surface area contributed by atoms with Gasteiger partial charge in [-0.3, -0.25) is 4.72 Å². The second-order valence-corrected chi connectivity index (χ2v) is 8.56. The van der Waals surface area contributed by atoms with Crippen molar-refractivity contribution >= 4 is 21.5 Å². The summed E-state index contributed by atoms with van der Waals surface area (Å²) in [5, 5.41) is 6.82. The first-order valence-corrected chi connectivity index (χ1v) is 10.9. The normalized spacial score (nSPS) is 11.3. The van der Waals surface area contributed by atoms with Crippen LogP contribution in [0.2, 0.25) is 0 Å². The molecule has 0 aliphatic rings. The molecule has 2 N–H and O–H groups in total. The van der Waals surface area contributed by atoms with Crippen LogP contribution in [-0.2, 0) is 10.0 Å². The molecule has 158 valence electrons. The summed E-state index contributed by atoms with van der Waals surface area (Å²) < 4.78 is 33.5. The van der Waals surface area contributed by atoms with Gasteiger partial charge in [0.15, 0.2) is 0 Å². The van der Waals surface area contributed by atoms with Gasteiger partial charge in [0.05, 0.1) is 17.3 Å².